The number of carbonyl (C=O) groups is 2. The number of hydrogen-bond donors (Lipinski definition) is 1. The van der Waals surface area contributed by atoms with E-state index in [1.165, 1.54) is 4.90 Å². The summed E-state index contributed by atoms with van der Waals surface area (Å²) in [5, 5.41) is 6.44. The molecular formula is C22H23N3O4S. The number of aromatic nitrogens is 1. The Morgan fingerprint density at radius 3 is 2.83 bits per heavy atom. The lowest BCUT2D eigenvalue weighted by Crippen LogP contribution is -2.48. The summed E-state index contributed by atoms with van der Waals surface area (Å²) in [7, 11) is 0.0489. The second kappa shape index (κ2) is 9.49. The molecule has 1 N–H and O–H groups in total. The van der Waals surface area contributed by atoms with E-state index in [0.29, 0.717) is 22.8 Å². The smallest absolute Gasteiger partial charge is 0.274 e. The molecule has 0 unspecified atom stereocenters. The summed E-state index contributed by atoms with van der Waals surface area (Å²) >= 11 is 0. The molecule has 2 atom stereocenters. The maximum Gasteiger partial charge on any atom is 0.274 e. The van der Waals surface area contributed by atoms with Crippen LogP contribution in [0.2, 0.25) is 0 Å². The standard InChI is InChI=1S/C22H23N3O4S/c1-4-5-11-20-15(2)30(28)14-19(22(27)25(20)3)23-21(26)18-13-17(29-24-18)12-16-9-7-6-8-10-16/h4-11,13,19H,2,12,14H2,1,3H3,(H,23,26)/b5-4-,20-11+/t19-,30-/m0/s1. The first-order chi connectivity index (χ1) is 14.4. The molecule has 0 aliphatic carbocycles. The zero-order chi connectivity index (χ0) is 21.7. The monoisotopic (exact) mass is 425 g/mol. The maximum absolute atomic E-state index is 12.9. The van der Waals surface area contributed by atoms with E-state index >= 15 is 0 Å². The molecule has 0 spiro atoms. The summed E-state index contributed by atoms with van der Waals surface area (Å²) < 4.78 is 17.9. The third kappa shape index (κ3) is 4.83. The minimum atomic E-state index is -1.52. The van der Waals surface area contributed by atoms with Crippen LogP contribution in [-0.2, 0) is 22.0 Å². The Hall–Kier alpha value is -3.26. The quantitative estimate of drug-likeness (QED) is 0.795. The van der Waals surface area contributed by atoms with Gasteiger partial charge in [0, 0.05) is 19.5 Å². The van der Waals surface area contributed by atoms with E-state index in [2.05, 4.69) is 17.1 Å². The SMILES string of the molecule is C=C1/C(=C\C=C/C)N(C)C(=O)[C@@H](NC(=O)c2cc(Cc3ccccc3)on2)C[S@@]1=O. The lowest BCUT2D eigenvalue weighted by Gasteiger charge is -2.21. The van der Waals surface area contributed by atoms with Gasteiger partial charge in [0.25, 0.3) is 5.91 Å². The molecule has 3 rings (SSSR count). The van der Waals surface area contributed by atoms with E-state index in [-0.39, 0.29) is 17.4 Å². The molecule has 2 amide bonds. The van der Waals surface area contributed by atoms with Crippen LogP contribution in [0.3, 0.4) is 0 Å². The van der Waals surface area contributed by atoms with Crippen molar-refractivity contribution in [1.82, 2.24) is 15.4 Å². The van der Waals surface area contributed by atoms with Gasteiger partial charge in [-0.15, -0.1) is 0 Å². The van der Waals surface area contributed by atoms with Gasteiger partial charge in [0.15, 0.2) is 5.69 Å². The highest BCUT2D eigenvalue weighted by atomic mass is 32.2. The molecule has 7 nitrogen and oxygen atoms in total. The summed E-state index contributed by atoms with van der Waals surface area (Å²) in [6.07, 6.45) is 5.71. The molecule has 2 aromatic rings. The van der Waals surface area contributed by atoms with Gasteiger partial charge < -0.3 is 14.7 Å². The van der Waals surface area contributed by atoms with Crippen LogP contribution in [0, 0.1) is 0 Å². The van der Waals surface area contributed by atoms with Crippen molar-refractivity contribution < 1.29 is 18.3 Å². The molecule has 0 bridgehead atoms. The number of nitrogens with one attached hydrogen (secondary N) is 1. The molecule has 1 aliphatic heterocycles. The summed E-state index contributed by atoms with van der Waals surface area (Å²) in [6.45, 7) is 5.69. The minimum Gasteiger partial charge on any atom is -0.360 e. The Balaban J connectivity index is 1.74. The third-order valence-electron chi connectivity index (χ3n) is 4.63. The summed E-state index contributed by atoms with van der Waals surface area (Å²) in [5.41, 5.74) is 1.55. The average Bonchev–Trinajstić information content (AvgIpc) is 3.19. The zero-order valence-electron chi connectivity index (χ0n) is 16.8. The number of allylic oxidation sites excluding steroid dienone is 3. The van der Waals surface area contributed by atoms with E-state index in [0.717, 1.165) is 5.56 Å². The number of rotatable bonds is 5. The van der Waals surface area contributed by atoms with Crippen molar-refractivity contribution in [2.75, 3.05) is 12.8 Å². The van der Waals surface area contributed by atoms with Crippen LogP contribution < -0.4 is 5.32 Å². The van der Waals surface area contributed by atoms with Crippen LogP contribution in [-0.4, -0.2) is 44.9 Å². The normalized spacial score (nSPS) is 21.3. The Morgan fingerprint density at radius 2 is 2.13 bits per heavy atom. The summed E-state index contributed by atoms with van der Waals surface area (Å²) in [4.78, 5) is 27.2. The number of likely N-dealkylation sites (N-methyl/N-ethyl adjacent to an activating group) is 1. The molecule has 8 heteroatoms. The first-order valence-electron chi connectivity index (χ1n) is 9.39. The molecule has 1 fully saturated rings. The topological polar surface area (TPSA) is 92.5 Å². The summed E-state index contributed by atoms with van der Waals surface area (Å²) in [6, 6.07) is 10.2. The van der Waals surface area contributed by atoms with Crippen molar-refractivity contribution in [2.45, 2.75) is 19.4 Å². The average molecular weight is 426 g/mol. The number of carbonyl (C=O) groups excluding carboxylic acids is 2. The lowest BCUT2D eigenvalue weighted by molar-refractivity contribution is -0.129. The Labute approximate surface area is 177 Å². The fourth-order valence-electron chi connectivity index (χ4n) is 3.01. The maximum atomic E-state index is 12.9. The second-order valence-corrected chi connectivity index (χ2v) is 8.29. The van der Waals surface area contributed by atoms with Crippen LogP contribution in [0.15, 0.2) is 76.3 Å². The van der Waals surface area contributed by atoms with Crippen LogP contribution in [0.25, 0.3) is 0 Å². The first kappa shape index (κ1) is 21.4. The molecule has 1 saturated heterocycles. The van der Waals surface area contributed by atoms with Crippen LogP contribution in [0.5, 0.6) is 0 Å². The number of nitrogens with zero attached hydrogens (tertiary/aromatic N) is 2. The molecule has 30 heavy (non-hydrogen) atoms. The van der Waals surface area contributed by atoms with Crippen molar-refractivity contribution in [3.63, 3.8) is 0 Å². The van der Waals surface area contributed by atoms with Crippen molar-refractivity contribution in [3.05, 3.63) is 88.8 Å². The molecule has 1 aromatic heterocycles. The van der Waals surface area contributed by atoms with E-state index in [1.807, 2.05) is 37.3 Å². The number of amides is 2. The number of hydrogen-bond acceptors (Lipinski definition) is 5. The first-order valence-corrected chi connectivity index (χ1v) is 10.7. The largest absolute Gasteiger partial charge is 0.360 e. The van der Waals surface area contributed by atoms with Gasteiger partial charge >= 0.3 is 0 Å². The Bertz CT molecular complexity index is 1040. The highest BCUT2D eigenvalue weighted by Gasteiger charge is 2.34. The van der Waals surface area contributed by atoms with E-state index in [1.54, 1.807) is 31.3 Å². The zero-order valence-corrected chi connectivity index (χ0v) is 17.6. The van der Waals surface area contributed by atoms with Crippen molar-refractivity contribution in [3.8, 4) is 0 Å². The fourth-order valence-corrected chi connectivity index (χ4v) is 4.18. The predicted octanol–water partition coefficient (Wildman–Crippen LogP) is 2.56. The molecule has 1 aliphatic rings. The highest BCUT2D eigenvalue weighted by molar-refractivity contribution is 7.89. The van der Waals surface area contributed by atoms with Crippen molar-refractivity contribution >= 4 is 22.6 Å². The van der Waals surface area contributed by atoms with Gasteiger partial charge in [0.05, 0.1) is 27.2 Å². The Morgan fingerprint density at radius 1 is 1.40 bits per heavy atom. The van der Waals surface area contributed by atoms with Gasteiger partial charge in [-0.1, -0.05) is 54.2 Å². The van der Waals surface area contributed by atoms with Crippen molar-refractivity contribution in [2.24, 2.45) is 0 Å². The lowest BCUT2D eigenvalue weighted by atomic mass is 10.1. The summed E-state index contributed by atoms with van der Waals surface area (Å²) in [5.74, 6) is -0.466. The van der Waals surface area contributed by atoms with Gasteiger partial charge in [-0.2, -0.15) is 0 Å². The third-order valence-corrected chi connectivity index (χ3v) is 6.03. The molecule has 1 aromatic carbocycles. The molecule has 2 heterocycles. The van der Waals surface area contributed by atoms with Gasteiger partial charge in [0.2, 0.25) is 5.91 Å². The van der Waals surface area contributed by atoms with Gasteiger partial charge in [-0.3, -0.25) is 13.8 Å². The minimum absolute atomic E-state index is 0.0599. The fraction of sp³-hybridized carbons (Fsp3) is 0.227. The molecule has 0 radical (unpaired) electrons. The van der Waals surface area contributed by atoms with Gasteiger partial charge in [0.1, 0.15) is 11.8 Å². The van der Waals surface area contributed by atoms with Crippen LogP contribution in [0.1, 0.15) is 28.7 Å². The number of benzene rings is 1. The van der Waals surface area contributed by atoms with Crippen molar-refractivity contribution in [1.29, 1.82) is 0 Å². The van der Waals surface area contributed by atoms with E-state index in [4.69, 9.17) is 4.52 Å². The predicted molar refractivity (Wildman–Crippen MR) is 115 cm³/mol. The van der Waals surface area contributed by atoms with Crippen LogP contribution in [0.4, 0.5) is 0 Å². The second-order valence-electron chi connectivity index (χ2n) is 6.78. The molecular weight excluding hydrogens is 402 g/mol. The highest BCUT2D eigenvalue weighted by Crippen LogP contribution is 2.22. The molecule has 0 saturated carbocycles. The van der Waals surface area contributed by atoms with Gasteiger partial charge in [-0.25, -0.2) is 0 Å². The van der Waals surface area contributed by atoms with E-state index < -0.39 is 22.7 Å². The molecule has 156 valence electrons. The van der Waals surface area contributed by atoms with Gasteiger partial charge in [-0.05, 0) is 18.6 Å². The Kier molecular flexibility index (Phi) is 6.79. The van der Waals surface area contributed by atoms with Crippen LogP contribution >= 0.6 is 0 Å². The van der Waals surface area contributed by atoms with E-state index in [9.17, 15) is 13.8 Å².